The van der Waals surface area contributed by atoms with Gasteiger partial charge in [0.15, 0.2) is 0 Å². The second-order valence-corrected chi connectivity index (χ2v) is 4.21. The molecule has 1 aromatic heterocycles. The van der Waals surface area contributed by atoms with Gasteiger partial charge < -0.3 is 10.5 Å². The van der Waals surface area contributed by atoms with E-state index in [-0.39, 0.29) is 12.2 Å². The highest BCUT2D eigenvalue weighted by Crippen LogP contribution is 2.18. The summed E-state index contributed by atoms with van der Waals surface area (Å²) in [6, 6.07) is 6.32. The Morgan fingerprint density at radius 2 is 2.26 bits per heavy atom. The average molecular weight is 281 g/mol. The Bertz CT molecular complexity index is 600. The Morgan fingerprint density at radius 3 is 2.84 bits per heavy atom. The van der Waals surface area contributed by atoms with Crippen LogP contribution >= 0.6 is 12.8 Å². The van der Waals surface area contributed by atoms with Crippen LogP contribution in [0.1, 0.15) is 21.5 Å². The number of nitrogens with zero attached hydrogens (tertiary/aromatic N) is 2. The Labute approximate surface area is 114 Å². The molecule has 1 amide bonds. The fourth-order valence-corrected chi connectivity index (χ4v) is 1.84. The van der Waals surface area contributed by atoms with E-state index in [1.54, 1.807) is 24.4 Å². The number of aromatic nitrogens is 2. The first-order valence-corrected chi connectivity index (χ1v) is 5.86. The maximum atomic E-state index is 12.9. The van der Waals surface area contributed by atoms with Gasteiger partial charge in [0, 0.05) is 23.4 Å². The molecule has 7 heteroatoms. The molecule has 0 atom stereocenters. The number of nitrogens with two attached hydrogens (primary N) is 1. The van der Waals surface area contributed by atoms with Gasteiger partial charge in [0.2, 0.25) is 11.8 Å². The van der Waals surface area contributed by atoms with Gasteiger partial charge in [0.1, 0.15) is 13.3 Å². The Morgan fingerprint density at radius 1 is 1.47 bits per heavy atom. The van der Waals surface area contributed by atoms with Crippen LogP contribution in [0.25, 0.3) is 0 Å². The minimum atomic E-state index is -0.694. The fraction of sp³-hybridized carbons (Fsp3) is 0.167. The summed E-state index contributed by atoms with van der Waals surface area (Å²) in [5, 5.41) is 3.90. The topological polar surface area (TPSA) is 70.1 Å². The molecule has 0 fully saturated rings. The number of hydrogen-bond donors (Lipinski definition) is 2. The average Bonchev–Trinajstić information content (AvgIpc) is 2.81. The first-order valence-electron chi connectivity index (χ1n) is 5.46. The van der Waals surface area contributed by atoms with Gasteiger partial charge in [0.25, 0.3) is 0 Å². The molecule has 0 aliphatic rings. The van der Waals surface area contributed by atoms with Crippen molar-refractivity contribution in [3.63, 3.8) is 0 Å². The predicted molar refractivity (Wildman–Crippen MR) is 70.7 cm³/mol. The number of carbonyl (C=O) groups excluding carboxylic acids is 1. The van der Waals surface area contributed by atoms with E-state index in [0.717, 1.165) is 0 Å². The summed E-state index contributed by atoms with van der Waals surface area (Å²) in [4.78, 5) is 11.3. The number of amides is 1. The van der Waals surface area contributed by atoms with Crippen LogP contribution in [0.4, 0.5) is 4.39 Å². The third-order valence-electron chi connectivity index (χ3n) is 2.60. The van der Waals surface area contributed by atoms with E-state index in [1.807, 2.05) is 0 Å². The summed E-state index contributed by atoms with van der Waals surface area (Å²) in [6.07, 6.45) is 1.59. The first kappa shape index (κ1) is 13.4. The third kappa shape index (κ3) is 3.05. The molecule has 0 saturated heterocycles. The van der Waals surface area contributed by atoms with Gasteiger partial charge in [0.05, 0.1) is 0 Å². The molecule has 100 valence electrons. The van der Waals surface area contributed by atoms with Gasteiger partial charge in [-0.25, -0.2) is 8.48 Å². The third-order valence-corrected chi connectivity index (χ3v) is 2.82. The molecule has 0 aliphatic heterocycles. The largest absolute Gasteiger partial charge is 0.472 e. The van der Waals surface area contributed by atoms with Crippen molar-refractivity contribution < 1.29 is 13.9 Å². The molecule has 2 aromatic rings. The number of rotatable bonds is 5. The van der Waals surface area contributed by atoms with Crippen LogP contribution in [0, 0.1) is 0 Å². The molecule has 19 heavy (non-hydrogen) atoms. The normalized spacial score (nSPS) is 10.4. The molecule has 1 aromatic carbocycles. The number of primary amides is 1. The number of hydrogen-bond acceptors (Lipinski definition) is 4. The molecule has 5 nitrogen and oxygen atoms in total. The lowest BCUT2D eigenvalue weighted by atomic mass is 10.0. The molecule has 1 heterocycles. The van der Waals surface area contributed by atoms with Crippen LogP contribution in [0.2, 0.25) is 0 Å². The van der Waals surface area contributed by atoms with Gasteiger partial charge >= 0.3 is 0 Å². The summed E-state index contributed by atoms with van der Waals surface area (Å²) >= 11 is 3.97. The fourth-order valence-electron chi connectivity index (χ4n) is 1.68. The quantitative estimate of drug-likeness (QED) is 0.820. The lowest BCUT2D eigenvalue weighted by molar-refractivity contribution is 0.0997. The molecule has 0 unspecified atom stereocenters. The monoisotopic (exact) mass is 281 g/mol. The zero-order chi connectivity index (χ0) is 13.8. The van der Waals surface area contributed by atoms with E-state index in [0.29, 0.717) is 17.0 Å². The molecule has 2 N–H and O–H groups in total. The highest BCUT2D eigenvalue weighted by Gasteiger charge is 2.13. The van der Waals surface area contributed by atoms with Gasteiger partial charge in [-0.2, -0.15) is 0 Å². The van der Waals surface area contributed by atoms with Crippen molar-refractivity contribution >= 4 is 18.7 Å². The molecule has 0 bridgehead atoms. The van der Waals surface area contributed by atoms with Crippen molar-refractivity contribution in [1.29, 1.82) is 0 Å². The maximum absolute atomic E-state index is 12.9. The molecule has 0 spiro atoms. The number of alkyl halides is 1. The van der Waals surface area contributed by atoms with Crippen molar-refractivity contribution in [1.82, 2.24) is 9.19 Å². The van der Waals surface area contributed by atoms with Crippen molar-refractivity contribution in [2.24, 2.45) is 5.73 Å². The van der Waals surface area contributed by atoms with Crippen molar-refractivity contribution in [3.8, 4) is 5.88 Å². The van der Waals surface area contributed by atoms with Crippen LogP contribution in [0.3, 0.4) is 0 Å². The number of halogens is 1. The summed E-state index contributed by atoms with van der Waals surface area (Å²) in [5.41, 5.74) is 6.33. The van der Waals surface area contributed by atoms with E-state index < -0.39 is 12.6 Å². The number of benzene rings is 1. The van der Waals surface area contributed by atoms with Gasteiger partial charge in [-0.05, 0) is 24.4 Å². The van der Waals surface area contributed by atoms with Crippen LogP contribution in [0.5, 0.6) is 5.88 Å². The Balaban J connectivity index is 2.25. The summed E-state index contributed by atoms with van der Waals surface area (Å²) < 4.78 is 19.6. The van der Waals surface area contributed by atoms with E-state index >= 15 is 0 Å². The number of ether oxygens (including phenoxy) is 1. The molecule has 2 rings (SSSR count). The highest BCUT2D eigenvalue weighted by molar-refractivity contribution is 7.78. The zero-order valence-electron chi connectivity index (χ0n) is 9.91. The van der Waals surface area contributed by atoms with Crippen molar-refractivity contribution in [3.05, 3.63) is 47.2 Å². The van der Waals surface area contributed by atoms with Crippen molar-refractivity contribution in [2.75, 3.05) is 0 Å². The van der Waals surface area contributed by atoms with E-state index in [9.17, 15) is 9.18 Å². The van der Waals surface area contributed by atoms with Crippen molar-refractivity contribution in [2.45, 2.75) is 13.3 Å². The van der Waals surface area contributed by atoms with E-state index in [4.69, 9.17) is 10.5 Å². The van der Waals surface area contributed by atoms with Crippen LogP contribution in [-0.2, 0) is 13.3 Å². The Hall–Kier alpha value is -2.02. The van der Waals surface area contributed by atoms with Gasteiger partial charge in [-0.3, -0.25) is 4.79 Å². The molecule has 0 saturated carbocycles. The SMILES string of the molecule is NC(=O)c1cccc(CF)c1COc1ccn(S)n1. The summed E-state index contributed by atoms with van der Waals surface area (Å²) in [5.74, 6) is -0.285. The first-order chi connectivity index (χ1) is 9.11. The van der Waals surface area contributed by atoms with E-state index in [1.165, 1.54) is 10.2 Å². The zero-order valence-corrected chi connectivity index (χ0v) is 10.8. The van der Waals surface area contributed by atoms with Crippen LogP contribution in [-0.4, -0.2) is 15.1 Å². The van der Waals surface area contributed by atoms with Gasteiger partial charge in [-0.1, -0.05) is 12.1 Å². The Kier molecular flexibility index (Phi) is 4.06. The van der Waals surface area contributed by atoms with Crippen LogP contribution in [0.15, 0.2) is 30.5 Å². The molecule has 0 aliphatic carbocycles. The lowest BCUT2D eigenvalue weighted by Crippen LogP contribution is -2.16. The second-order valence-electron chi connectivity index (χ2n) is 3.80. The summed E-state index contributed by atoms with van der Waals surface area (Å²) in [7, 11) is 0. The number of thiol groups is 1. The van der Waals surface area contributed by atoms with Crippen LogP contribution < -0.4 is 10.5 Å². The standard InChI is InChI=1S/C12H12FN3O2S/c13-6-8-2-1-3-9(12(14)17)10(8)7-18-11-4-5-16(19)15-11/h1-5,19H,6-7H2,(H2,14,17). The minimum absolute atomic E-state index is 0.0170. The maximum Gasteiger partial charge on any atom is 0.249 e. The summed E-state index contributed by atoms with van der Waals surface area (Å²) in [6.45, 7) is -0.677. The van der Waals surface area contributed by atoms with E-state index in [2.05, 4.69) is 17.9 Å². The smallest absolute Gasteiger partial charge is 0.249 e. The minimum Gasteiger partial charge on any atom is -0.472 e. The predicted octanol–water partition coefficient (Wildman–Crippen LogP) is 1.72. The number of carbonyl (C=O) groups is 1. The lowest BCUT2D eigenvalue weighted by Gasteiger charge is -2.11. The van der Waals surface area contributed by atoms with Gasteiger partial charge in [-0.15, -0.1) is 5.10 Å². The molecule has 0 radical (unpaired) electrons. The highest BCUT2D eigenvalue weighted by atomic mass is 32.1. The second kappa shape index (κ2) is 5.75. The molecular formula is C12H12FN3O2S. The molecular weight excluding hydrogens is 269 g/mol.